The van der Waals surface area contributed by atoms with Crippen LogP contribution in [0.4, 0.5) is 10.1 Å². The molecule has 3 rings (SSSR count). The van der Waals surface area contributed by atoms with E-state index >= 15 is 0 Å². The minimum absolute atomic E-state index is 0.331. The molecule has 1 nitrogen and oxygen atoms in total. The molecule has 0 aliphatic heterocycles. The summed E-state index contributed by atoms with van der Waals surface area (Å²) in [5.41, 5.74) is 7.99. The van der Waals surface area contributed by atoms with Crippen molar-refractivity contribution in [3.63, 3.8) is 0 Å². The maximum Gasteiger partial charge on any atom is 0.132 e. The second-order valence-corrected chi connectivity index (χ2v) is 4.81. The van der Waals surface area contributed by atoms with Crippen molar-refractivity contribution in [3.05, 3.63) is 65.4 Å². The molecule has 0 saturated carbocycles. The van der Waals surface area contributed by atoms with Crippen LogP contribution in [-0.4, -0.2) is 0 Å². The number of halogens is 2. The molecule has 0 fully saturated rings. The van der Waals surface area contributed by atoms with Crippen LogP contribution in [0.1, 0.15) is 0 Å². The summed E-state index contributed by atoms with van der Waals surface area (Å²) in [6, 6.07) is 16.0. The second-order valence-electron chi connectivity index (χ2n) is 4.37. The Morgan fingerprint density at radius 1 is 0.842 bits per heavy atom. The summed E-state index contributed by atoms with van der Waals surface area (Å²) in [4.78, 5) is 0. The van der Waals surface area contributed by atoms with Crippen LogP contribution in [-0.2, 0) is 0 Å². The molecule has 0 saturated heterocycles. The standard InChI is InChI=1S/C16H11ClFN/c17-10-7-8-13(15(18)9-10)11-3-1-5-14-12(11)4-2-6-16(14)19/h1-9H,19H2. The summed E-state index contributed by atoms with van der Waals surface area (Å²) >= 11 is 5.79. The number of hydrogen-bond donors (Lipinski definition) is 1. The second kappa shape index (κ2) is 4.56. The van der Waals surface area contributed by atoms with Gasteiger partial charge in [0, 0.05) is 21.7 Å². The van der Waals surface area contributed by atoms with Crippen LogP contribution in [0.5, 0.6) is 0 Å². The average molecular weight is 272 g/mol. The lowest BCUT2D eigenvalue weighted by molar-refractivity contribution is 0.631. The molecule has 0 spiro atoms. The van der Waals surface area contributed by atoms with Gasteiger partial charge in [-0.3, -0.25) is 0 Å². The Balaban J connectivity index is 2.34. The van der Waals surface area contributed by atoms with Gasteiger partial charge in [-0.15, -0.1) is 0 Å². The molecule has 3 heteroatoms. The number of nitrogens with two attached hydrogens (primary N) is 1. The van der Waals surface area contributed by atoms with Crippen molar-refractivity contribution < 1.29 is 4.39 Å². The third-order valence-electron chi connectivity index (χ3n) is 3.18. The molecule has 0 amide bonds. The van der Waals surface area contributed by atoms with E-state index in [2.05, 4.69) is 0 Å². The van der Waals surface area contributed by atoms with Gasteiger partial charge in [0.05, 0.1) is 0 Å². The molecule has 0 aromatic heterocycles. The molecule has 0 aliphatic rings. The lowest BCUT2D eigenvalue weighted by Crippen LogP contribution is -1.90. The summed E-state index contributed by atoms with van der Waals surface area (Å²) < 4.78 is 14.0. The minimum atomic E-state index is -0.331. The van der Waals surface area contributed by atoms with Gasteiger partial charge in [0.25, 0.3) is 0 Å². The number of anilines is 1. The van der Waals surface area contributed by atoms with Gasteiger partial charge in [-0.1, -0.05) is 41.9 Å². The molecule has 3 aromatic carbocycles. The Bertz CT molecular complexity index is 768. The fourth-order valence-electron chi connectivity index (χ4n) is 2.28. The molecule has 0 heterocycles. The fraction of sp³-hybridized carbons (Fsp3) is 0. The third-order valence-corrected chi connectivity index (χ3v) is 3.41. The summed E-state index contributed by atoms with van der Waals surface area (Å²) in [6.45, 7) is 0. The first-order valence-corrected chi connectivity index (χ1v) is 6.27. The highest BCUT2D eigenvalue weighted by molar-refractivity contribution is 6.30. The number of fused-ring (bicyclic) bond motifs is 1. The third kappa shape index (κ3) is 2.04. The van der Waals surface area contributed by atoms with Gasteiger partial charge in [0.15, 0.2) is 0 Å². The van der Waals surface area contributed by atoms with Crippen molar-refractivity contribution in [2.24, 2.45) is 0 Å². The van der Waals surface area contributed by atoms with Gasteiger partial charge >= 0.3 is 0 Å². The molecular weight excluding hydrogens is 261 g/mol. The van der Waals surface area contributed by atoms with Gasteiger partial charge in [0.2, 0.25) is 0 Å². The molecule has 0 atom stereocenters. The highest BCUT2D eigenvalue weighted by atomic mass is 35.5. The van der Waals surface area contributed by atoms with E-state index < -0.39 is 0 Å². The van der Waals surface area contributed by atoms with Crippen molar-refractivity contribution >= 4 is 28.1 Å². The molecule has 0 aliphatic carbocycles. The highest BCUT2D eigenvalue weighted by Gasteiger charge is 2.09. The zero-order valence-corrected chi connectivity index (χ0v) is 10.8. The van der Waals surface area contributed by atoms with Crippen LogP contribution in [0.25, 0.3) is 21.9 Å². The molecule has 2 N–H and O–H groups in total. The zero-order valence-electron chi connectivity index (χ0n) is 10.0. The smallest absolute Gasteiger partial charge is 0.132 e. The average Bonchev–Trinajstić information content (AvgIpc) is 2.39. The Kier molecular flexibility index (Phi) is 2.88. The fourth-order valence-corrected chi connectivity index (χ4v) is 2.44. The van der Waals surface area contributed by atoms with Crippen molar-refractivity contribution in [2.45, 2.75) is 0 Å². The summed E-state index contributed by atoms with van der Waals surface area (Å²) in [6.07, 6.45) is 0. The van der Waals surface area contributed by atoms with Crippen LogP contribution in [0.3, 0.4) is 0 Å². The highest BCUT2D eigenvalue weighted by Crippen LogP contribution is 2.33. The molecule has 0 unspecified atom stereocenters. The molecular formula is C16H11ClFN. The number of nitrogen functional groups attached to an aromatic ring is 1. The van der Waals surface area contributed by atoms with Crippen LogP contribution >= 0.6 is 11.6 Å². The quantitative estimate of drug-likeness (QED) is 0.627. The maximum absolute atomic E-state index is 14.0. The largest absolute Gasteiger partial charge is 0.398 e. The van der Waals surface area contributed by atoms with Crippen LogP contribution < -0.4 is 5.73 Å². The topological polar surface area (TPSA) is 26.0 Å². The minimum Gasteiger partial charge on any atom is -0.398 e. The van der Waals surface area contributed by atoms with Gasteiger partial charge in [-0.05, 0) is 35.2 Å². The summed E-state index contributed by atoms with van der Waals surface area (Å²) in [7, 11) is 0. The van der Waals surface area contributed by atoms with E-state index in [-0.39, 0.29) is 5.82 Å². The first kappa shape index (κ1) is 12.0. The number of benzene rings is 3. The van der Waals surface area contributed by atoms with E-state index in [9.17, 15) is 4.39 Å². The predicted molar refractivity (Wildman–Crippen MR) is 78.8 cm³/mol. The van der Waals surface area contributed by atoms with Crippen molar-refractivity contribution in [1.29, 1.82) is 0 Å². The van der Waals surface area contributed by atoms with Crippen LogP contribution in [0.2, 0.25) is 5.02 Å². The molecule has 3 aromatic rings. The first-order chi connectivity index (χ1) is 9.16. The monoisotopic (exact) mass is 271 g/mol. The molecule has 0 bridgehead atoms. The van der Waals surface area contributed by atoms with Crippen molar-refractivity contribution in [1.82, 2.24) is 0 Å². The van der Waals surface area contributed by atoms with E-state index in [1.54, 1.807) is 12.1 Å². The van der Waals surface area contributed by atoms with Crippen molar-refractivity contribution in [2.75, 3.05) is 5.73 Å². The van der Waals surface area contributed by atoms with Gasteiger partial charge in [0.1, 0.15) is 5.82 Å². The Labute approximate surface area is 115 Å². The number of hydrogen-bond acceptors (Lipinski definition) is 1. The Morgan fingerprint density at radius 2 is 1.58 bits per heavy atom. The SMILES string of the molecule is Nc1cccc2c(-c3ccc(Cl)cc3F)cccc12. The normalized spacial score (nSPS) is 10.8. The Hall–Kier alpha value is -2.06. The zero-order chi connectivity index (χ0) is 13.4. The van der Waals surface area contributed by atoms with E-state index in [0.29, 0.717) is 16.3 Å². The first-order valence-electron chi connectivity index (χ1n) is 5.89. The van der Waals surface area contributed by atoms with Crippen LogP contribution in [0.15, 0.2) is 54.6 Å². The lowest BCUT2D eigenvalue weighted by Gasteiger charge is -2.09. The lowest BCUT2D eigenvalue weighted by atomic mass is 9.97. The van der Waals surface area contributed by atoms with Gasteiger partial charge in [-0.25, -0.2) is 4.39 Å². The van der Waals surface area contributed by atoms with Crippen molar-refractivity contribution in [3.8, 4) is 11.1 Å². The van der Waals surface area contributed by atoms with E-state index in [0.717, 1.165) is 16.3 Å². The van der Waals surface area contributed by atoms with Crippen LogP contribution in [0, 0.1) is 5.82 Å². The van der Waals surface area contributed by atoms with E-state index in [4.69, 9.17) is 17.3 Å². The molecule has 19 heavy (non-hydrogen) atoms. The molecule has 0 radical (unpaired) electrons. The van der Waals surface area contributed by atoms with E-state index in [1.165, 1.54) is 6.07 Å². The predicted octanol–water partition coefficient (Wildman–Crippen LogP) is 4.88. The summed E-state index contributed by atoms with van der Waals surface area (Å²) in [5.74, 6) is -0.331. The van der Waals surface area contributed by atoms with Gasteiger partial charge < -0.3 is 5.73 Å². The van der Waals surface area contributed by atoms with Gasteiger partial charge in [-0.2, -0.15) is 0 Å². The maximum atomic E-state index is 14.0. The number of rotatable bonds is 1. The Morgan fingerprint density at radius 3 is 2.37 bits per heavy atom. The van der Waals surface area contributed by atoms with E-state index in [1.807, 2.05) is 36.4 Å². The summed E-state index contributed by atoms with van der Waals surface area (Å²) in [5, 5.41) is 2.25. The molecule has 94 valence electrons.